The first-order valence-corrected chi connectivity index (χ1v) is 14.1. The van der Waals surface area contributed by atoms with Gasteiger partial charge in [0.15, 0.2) is 0 Å². The Morgan fingerprint density at radius 3 is 1.84 bits per heavy atom. The Labute approximate surface area is 159 Å². The summed E-state index contributed by atoms with van der Waals surface area (Å²) in [6.45, 7) is 9.54. The van der Waals surface area contributed by atoms with Crippen LogP contribution in [-0.2, 0) is 6.54 Å². The molecule has 0 amide bonds. The van der Waals surface area contributed by atoms with Gasteiger partial charge < -0.3 is 5.32 Å². The van der Waals surface area contributed by atoms with Crippen molar-refractivity contribution in [3.05, 3.63) is 35.9 Å². The van der Waals surface area contributed by atoms with Crippen molar-refractivity contribution in [1.82, 2.24) is 5.32 Å². The Balaban J connectivity index is 2.27. The largest absolute Gasteiger partial charge is 0.313 e. The van der Waals surface area contributed by atoms with Crippen LogP contribution in [0.5, 0.6) is 0 Å². The molecule has 144 valence electrons. The predicted octanol–water partition coefficient (Wildman–Crippen LogP) is 7.41. The van der Waals surface area contributed by atoms with Crippen molar-refractivity contribution in [2.24, 2.45) is 0 Å². The quantitative estimate of drug-likeness (QED) is 0.239. The number of nitrogens with one attached hydrogen (secondary N) is 1. The molecular weight excluding hydrogens is 318 g/mol. The van der Waals surface area contributed by atoms with E-state index in [-0.39, 0.29) is 0 Å². The summed E-state index contributed by atoms with van der Waals surface area (Å²) in [6.07, 6.45) is 12.8. The van der Waals surface area contributed by atoms with Crippen LogP contribution in [0.2, 0.25) is 24.7 Å². The fourth-order valence-corrected chi connectivity index (χ4v) is 7.79. The van der Waals surface area contributed by atoms with Gasteiger partial charge in [-0.05, 0) is 18.5 Å². The van der Waals surface area contributed by atoms with Gasteiger partial charge in [0.05, 0.1) is 8.07 Å². The van der Waals surface area contributed by atoms with Crippen LogP contribution in [0.4, 0.5) is 0 Å². The first-order valence-electron chi connectivity index (χ1n) is 10.9. The highest BCUT2D eigenvalue weighted by molar-refractivity contribution is 6.78. The fourth-order valence-electron chi connectivity index (χ4n) is 3.80. The van der Waals surface area contributed by atoms with E-state index in [2.05, 4.69) is 56.0 Å². The van der Waals surface area contributed by atoms with E-state index in [1.54, 1.807) is 12.1 Å². The molecule has 0 saturated heterocycles. The molecule has 2 heteroatoms. The molecule has 0 aliphatic heterocycles. The lowest BCUT2D eigenvalue weighted by atomic mass is 10.2. The summed E-state index contributed by atoms with van der Waals surface area (Å²) < 4.78 is 0. The Hall–Kier alpha value is -0.603. The summed E-state index contributed by atoms with van der Waals surface area (Å²) in [5, 5.41) is 3.65. The maximum atomic E-state index is 3.65. The second-order valence-electron chi connectivity index (χ2n) is 8.20. The van der Waals surface area contributed by atoms with Crippen molar-refractivity contribution < 1.29 is 0 Å². The minimum absolute atomic E-state index is 1.02. The van der Waals surface area contributed by atoms with Gasteiger partial charge in [0.25, 0.3) is 0 Å². The van der Waals surface area contributed by atoms with Gasteiger partial charge in [0.1, 0.15) is 0 Å². The van der Waals surface area contributed by atoms with E-state index in [0.717, 1.165) is 6.54 Å². The van der Waals surface area contributed by atoms with Crippen molar-refractivity contribution in [3.8, 4) is 0 Å². The van der Waals surface area contributed by atoms with Crippen LogP contribution in [0.3, 0.4) is 0 Å². The summed E-state index contributed by atoms with van der Waals surface area (Å²) in [5.41, 5.74) is 1.40. The summed E-state index contributed by atoms with van der Waals surface area (Å²) in [4.78, 5) is 0. The first-order chi connectivity index (χ1) is 12.2. The minimum Gasteiger partial charge on any atom is -0.313 e. The van der Waals surface area contributed by atoms with Crippen LogP contribution in [0.15, 0.2) is 30.3 Å². The summed E-state index contributed by atoms with van der Waals surface area (Å²) in [7, 11) is -1.02. The molecule has 1 aromatic rings. The lowest BCUT2D eigenvalue weighted by Gasteiger charge is -2.28. The molecule has 1 nitrogen and oxygen atoms in total. The second kappa shape index (κ2) is 14.6. The topological polar surface area (TPSA) is 12.0 Å². The molecular formula is C23H43NSi. The minimum atomic E-state index is -1.02. The van der Waals surface area contributed by atoms with Crippen LogP contribution >= 0.6 is 0 Å². The Kier molecular flexibility index (Phi) is 13.1. The molecule has 25 heavy (non-hydrogen) atoms. The van der Waals surface area contributed by atoms with Crippen molar-refractivity contribution in [3.63, 3.8) is 0 Å². The van der Waals surface area contributed by atoms with E-state index < -0.39 is 8.07 Å². The predicted molar refractivity (Wildman–Crippen MR) is 117 cm³/mol. The third kappa shape index (κ3) is 11.6. The van der Waals surface area contributed by atoms with E-state index in [9.17, 15) is 0 Å². The van der Waals surface area contributed by atoms with Gasteiger partial charge in [0, 0.05) is 6.54 Å². The third-order valence-electron chi connectivity index (χ3n) is 5.57. The number of benzene rings is 1. The molecule has 0 bridgehead atoms. The van der Waals surface area contributed by atoms with Crippen molar-refractivity contribution >= 4 is 8.07 Å². The molecule has 1 N–H and O–H groups in total. The van der Waals surface area contributed by atoms with Crippen molar-refractivity contribution in [1.29, 1.82) is 0 Å². The standard InChI is InChI=1S/C23H43NSi/c1-4-6-8-13-19-25(3,20-14-9-7-5-2)21-15-18-24-22-23-16-11-10-12-17-23/h10-12,16-17,24H,4-9,13-15,18-22H2,1-3H3. The van der Waals surface area contributed by atoms with E-state index >= 15 is 0 Å². The molecule has 0 atom stereocenters. The van der Waals surface area contributed by atoms with Gasteiger partial charge in [0.2, 0.25) is 0 Å². The maximum Gasteiger partial charge on any atom is 0.0505 e. The number of hydrogen-bond donors (Lipinski definition) is 1. The Bertz CT molecular complexity index is 392. The van der Waals surface area contributed by atoms with E-state index in [1.807, 2.05) is 0 Å². The summed E-state index contributed by atoms with van der Waals surface area (Å²) >= 11 is 0. The van der Waals surface area contributed by atoms with Gasteiger partial charge in [-0.2, -0.15) is 0 Å². The Morgan fingerprint density at radius 2 is 1.28 bits per heavy atom. The van der Waals surface area contributed by atoms with Gasteiger partial charge in [-0.1, -0.05) is 120 Å². The van der Waals surface area contributed by atoms with Gasteiger partial charge in [-0.15, -0.1) is 0 Å². The normalized spacial score (nSPS) is 11.8. The number of unbranched alkanes of at least 4 members (excludes halogenated alkanes) is 6. The first kappa shape index (κ1) is 22.4. The molecule has 0 radical (unpaired) electrons. The maximum absolute atomic E-state index is 3.65. The zero-order valence-corrected chi connectivity index (χ0v) is 18.3. The smallest absolute Gasteiger partial charge is 0.0505 e. The van der Waals surface area contributed by atoms with Gasteiger partial charge in [-0.3, -0.25) is 0 Å². The molecule has 1 aromatic carbocycles. The molecule has 0 aliphatic rings. The monoisotopic (exact) mass is 361 g/mol. The molecule has 0 aromatic heterocycles. The zero-order chi connectivity index (χ0) is 18.2. The highest BCUT2D eigenvalue weighted by atomic mass is 28.3. The Morgan fingerprint density at radius 1 is 0.720 bits per heavy atom. The molecule has 1 rings (SSSR count). The van der Waals surface area contributed by atoms with Crippen LogP contribution in [0.1, 0.15) is 77.2 Å². The molecule has 0 saturated carbocycles. The van der Waals surface area contributed by atoms with Crippen LogP contribution in [0, 0.1) is 0 Å². The van der Waals surface area contributed by atoms with Crippen LogP contribution in [-0.4, -0.2) is 14.6 Å². The average Bonchev–Trinajstić information content (AvgIpc) is 2.63. The average molecular weight is 362 g/mol. The number of rotatable bonds is 16. The highest BCUT2D eigenvalue weighted by Crippen LogP contribution is 2.28. The van der Waals surface area contributed by atoms with Crippen LogP contribution in [0.25, 0.3) is 0 Å². The van der Waals surface area contributed by atoms with Gasteiger partial charge >= 0.3 is 0 Å². The second-order valence-corrected chi connectivity index (χ2v) is 13.3. The number of hydrogen-bond acceptors (Lipinski definition) is 1. The molecule has 0 aliphatic carbocycles. The SMILES string of the molecule is CCCCCC[Si](C)(CCCCCC)CCCNCc1ccccc1. The summed E-state index contributed by atoms with van der Waals surface area (Å²) in [6, 6.07) is 15.4. The summed E-state index contributed by atoms with van der Waals surface area (Å²) in [5.74, 6) is 0. The molecule has 0 fully saturated rings. The fraction of sp³-hybridized carbons (Fsp3) is 0.739. The lowest BCUT2D eigenvalue weighted by Crippen LogP contribution is -2.31. The zero-order valence-electron chi connectivity index (χ0n) is 17.3. The highest BCUT2D eigenvalue weighted by Gasteiger charge is 2.25. The van der Waals surface area contributed by atoms with E-state index in [0.29, 0.717) is 0 Å². The van der Waals surface area contributed by atoms with E-state index in [1.165, 1.54) is 75.9 Å². The third-order valence-corrected chi connectivity index (χ3v) is 10.3. The van der Waals surface area contributed by atoms with E-state index in [4.69, 9.17) is 0 Å². The lowest BCUT2D eigenvalue weighted by molar-refractivity contribution is 0.657. The van der Waals surface area contributed by atoms with Crippen molar-refractivity contribution in [2.45, 2.75) is 103 Å². The van der Waals surface area contributed by atoms with Crippen LogP contribution < -0.4 is 5.32 Å². The molecule has 0 heterocycles. The molecule has 0 unspecified atom stereocenters. The van der Waals surface area contributed by atoms with Crippen molar-refractivity contribution in [2.75, 3.05) is 6.54 Å². The van der Waals surface area contributed by atoms with Gasteiger partial charge in [-0.25, -0.2) is 0 Å². The molecule has 0 spiro atoms.